The van der Waals surface area contributed by atoms with Crippen LogP contribution in [0.5, 0.6) is 23.0 Å². The number of oxime groups is 1. The summed E-state index contributed by atoms with van der Waals surface area (Å²) < 4.78 is 16.2. The molecule has 0 aliphatic rings. The predicted molar refractivity (Wildman–Crippen MR) is 120 cm³/mol. The van der Waals surface area contributed by atoms with Gasteiger partial charge in [0.15, 0.2) is 23.9 Å². The normalized spacial score (nSPS) is 10.5. The van der Waals surface area contributed by atoms with Gasteiger partial charge >= 0.3 is 0 Å². The molecule has 0 radical (unpaired) electrons. The van der Waals surface area contributed by atoms with Crippen LogP contribution in [0.4, 0.5) is 5.69 Å². The van der Waals surface area contributed by atoms with Crippen molar-refractivity contribution in [2.24, 2.45) is 5.16 Å². The largest absolute Gasteiger partial charge is 0.493 e. The average molecular weight is 441 g/mol. The summed E-state index contributed by atoms with van der Waals surface area (Å²) in [5, 5.41) is 7.00. The second-order valence-corrected chi connectivity index (χ2v) is 6.66. The molecule has 0 heterocycles. The number of amides is 1. The fourth-order valence-electron chi connectivity index (χ4n) is 2.62. The summed E-state index contributed by atoms with van der Waals surface area (Å²) >= 11 is 6.06. The van der Waals surface area contributed by atoms with E-state index in [9.17, 15) is 4.79 Å². The van der Waals surface area contributed by atoms with Gasteiger partial charge in [-0.15, -0.1) is 0 Å². The maximum atomic E-state index is 12.3. The van der Waals surface area contributed by atoms with Gasteiger partial charge in [-0.1, -0.05) is 35.0 Å². The number of hydrogen-bond donors (Lipinski definition) is 1. The number of carbonyl (C=O) groups is 1. The third kappa shape index (κ3) is 6.38. The van der Waals surface area contributed by atoms with E-state index in [-0.39, 0.29) is 6.61 Å². The lowest BCUT2D eigenvalue weighted by Gasteiger charge is -2.12. The lowest BCUT2D eigenvalue weighted by molar-refractivity contribution is -0.120. The number of halogens is 1. The SMILES string of the molecule is COc1ccc(C=NOCC(=O)Nc2cc(Cl)ccc2Oc2ccccc2)cc1OC. The second kappa shape index (κ2) is 10.9. The van der Waals surface area contributed by atoms with Crippen molar-refractivity contribution in [2.75, 3.05) is 26.1 Å². The number of rotatable bonds is 9. The fraction of sp³-hybridized carbons (Fsp3) is 0.130. The summed E-state index contributed by atoms with van der Waals surface area (Å²) in [4.78, 5) is 17.4. The van der Waals surface area contributed by atoms with Crippen LogP contribution < -0.4 is 19.5 Å². The number of ether oxygens (including phenoxy) is 3. The molecule has 3 aromatic rings. The maximum absolute atomic E-state index is 12.3. The molecule has 3 rings (SSSR count). The van der Waals surface area contributed by atoms with Crippen LogP contribution in [0.3, 0.4) is 0 Å². The number of para-hydroxylation sites is 1. The Hall–Kier alpha value is -3.71. The van der Waals surface area contributed by atoms with Crippen LogP contribution in [0, 0.1) is 0 Å². The molecule has 0 unspecified atom stereocenters. The third-order valence-corrected chi connectivity index (χ3v) is 4.30. The number of benzene rings is 3. The lowest BCUT2D eigenvalue weighted by atomic mass is 10.2. The van der Waals surface area contributed by atoms with Crippen LogP contribution in [0.15, 0.2) is 71.9 Å². The minimum absolute atomic E-state index is 0.291. The first kappa shape index (κ1) is 22.0. The Morgan fingerprint density at radius 1 is 0.968 bits per heavy atom. The van der Waals surface area contributed by atoms with Gasteiger partial charge < -0.3 is 24.4 Å². The first-order valence-corrected chi connectivity index (χ1v) is 9.66. The van der Waals surface area contributed by atoms with E-state index in [4.69, 9.17) is 30.6 Å². The van der Waals surface area contributed by atoms with Crippen molar-refractivity contribution in [3.8, 4) is 23.0 Å². The molecule has 0 fully saturated rings. The van der Waals surface area contributed by atoms with Crippen molar-refractivity contribution in [3.05, 3.63) is 77.3 Å². The quantitative estimate of drug-likeness (QED) is 0.368. The van der Waals surface area contributed by atoms with Crippen molar-refractivity contribution >= 4 is 29.4 Å². The highest BCUT2D eigenvalue weighted by molar-refractivity contribution is 6.31. The molecule has 0 aliphatic carbocycles. The van der Waals surface area contributed by atoms with Crippen LogP contribution in [0.25, 0.3) is 0 Å². The van der Waals surface area contributed by atoms with Gasteiger partial charge in [0.1, 0.15) is 5.75 Å². The first-order chi connectivity index (χ1) is 15.1. The molecule has 0 aliphatic heterocycles. The van der Waals surface area contributed by atoms with Crippen molar-refractivity contribution in [1.82, 2.24) is 0 Å². The summed E-state index contributed by atoms with van der Waals surface area (Å²) in [5.74, 6) is 1.85. The fourth-order valence-corrected chi connectivity index (χ4v) is 2.79. The van der Waals surface area contributed by atoms with E-state index in [1.165, 1.54) is 6.21 Å². The molecule has 160 valence electrons. The molecular formula is C23H21ClN2O5. The van der Waals surface area contributed by atoms with E-state index in [1.54, 1.807) is 50.6 Å². The van der Waals surface area contributed by atoms with Crippen molar-refractivity contribution in [1.29, 1.82) is 0 Å². The molecule has 3 aromatic carbocycles. The van der Waals surface area contributed by atoms with Gasteiger partial charge in [-0.3, -0.25) is 4.79 Å². The number of carbonyl (C=O) groups excluding carboxylic acids is 1. The molecule has 1 amide bonds. The van der Waals surface area contributed by atoms with E-state index < -0.39 is 5.91 Å². The van der Waals surface area contributed by atoms with E-state index in [2.05, 4.69) is 10.5 Å². The zero-order valence-corrected chi connectivity index (χ0v) is 17.8. The topological polar surface area (TPSA) is 78.4 Å². The molecule has 1 N–H and O–H groups in total. The first-order valence-electron chi connectivity index (χ1n) is 9.28. The third-order valence-electron chi connectivity index (χ3n) is 4.07. The second-order valence-electron chi connectivity index (χ2n) is 6.23. The summed E-state index contributed by atoms with van der Waals surface area (Å²) in [6, 6.07) is 19.5. The van der Waals surface area contributed by atoms with Crippen LogP contribution >= 0.6 is 11.6 Å². The van der Waals surface area contributed by atoms with Crippen molar-refractivity contribution in [2.45, 2.75) is 0 Å². The molecule has 0 spiro atoms. The maximum Gasteiger partial charge on any atom is 0.265 e. The van der Waals surface area contributed by atoms with Gasteiger partial charge in [0.25, 0.3) is 5.91 Å². The van der Waals surface area contributed by atoms with Gasteiger partial charge in [0.05, 0.1) is 26.1 Å². The minimum atomic E-state index is -0.412. The van der Waals surface area contributed by atoms with Gasteiger partial charge in [-0.05, 0) is 48.5 Å². The number of nitrogens with one attached hydrogen (secondary N) is 1. The number of methoxy groups -OCH3 is 2. The predicted octanol–water partition coefficient (Wildman–Crippen LogP) is 5.14. The van der Waals surface area contributed by atoms with Crippen LogP contribution in [-0.2, 0) is 9.63 Å². The van der Waals surface area contributed by atoms with Crippen molar-refractivity contribution in [3.63, 3.8) is 0 Å². The molecule has 0 aromatic heterocycles. The Labute approximate surface area is 185 Å². The molecule has 7 nitrogen and oxygen atoms in total. The van der Waals surface area contributed by atoms with E-state index in [1.807, 2.05) is 30.3 Å². The molecule has 0 saturated heterocycles. The van der Waals surface area contributed by atoms with Crippen molar-refractivity contribution < 1.29 is 23.8 Å². The van der Waals surface area contributed by atoms with Crippen LogP contribution in [0.1, 0.15) is 5.56 Å². The Bertz CT molecular complexity index is 1060. The van der Waals surface area contributed by atoms with E-state index >= 15 is 0 Å². The zero-order valence-electron chi connectivity index (χ0n) is 17.0. The standard InChI is InChI=1S/C23H21ClN2O5/c1-28-21-10-8-16(12-22(21)29-2)14-25-30-15-23(27)26-19-13-17(24)9-11-20(19)31-18-6-4-3-5-7-18/h3-14H,15H2,1-2H3,(H,26,27). The van der Waals surface area contributed by atoms with E-state index in [0.717, 1.165) is 5.56 Å². The summed E-state index contributed by atoms with van der Waals surface area (Å²) in [6.45, 7) is -0.291. The zero-order chi connectivity index (χ0) is 22.1. The van der Waals surface area contributed by atoms with Gasteiger partial charge in [0.2, 0.25) is 0 Å². The number of anilines is 1. The lowest BCUT2D eigenvalue weighted by Crippen LogP contribution is -2.17. The average Bonchev–Trinajstić information content (AvgIpc) is 2.79. The van der Waals surface area contributed by atoms with Gasteiger partial charge in [0, 0.05) is 10.6 Å². The Morgan fingerprint density at radius 2 is 1.71 bits per heavy atom. The highest BCUT2D eigenvalue weighted by Crippen LogP contribution is 2.32. The molecule has 31 heavy (non-hydrogen) atoms. The molecular weight excluding hydrogens is 420 g/mol. The minimum Gasteiger partial charge on any atom is -0.493 e. The molecule has 0 saturated carbocycles. The monoisotopic (exact) mass is 440 g/mol. The Kier molecular flexibility index (Phi) is 7.73. The molecule has 0 bridgehead atoms. The number of hydrogen-bond acceptors (Lipinski definition) is 6. The smallest absolute Gasteiger partial charge is 0.265 e. The summed E-state index contributed by atoms with van der Waals surface area (Å²) in [7, 11) is 3.11. The Morgan fingerprint density at radius 3 is 2.45 bits per heavy atom. The van der Waals surface area contributed by atoms with Crippen LogP contribution in [-0.4, -0.2) is 32.9 Å². The summed E-state index contributed by atoms with van der Waals surface area (Å²) in [5.41, 5.74) is 1.15. The number of nitrogens with zero attached hydrogens (tertiary/aromatic N) is 1. The summed E-state index contributed by atoms with van der Waals surface area (Å²) in [6.07, 6.45) is 1.47. The Balaban J connectivity index is 1.58. The molecule has 8 heteroatoms. The molecule has 0 atom stereocenters. The van der Waals surface area contributed by atoms with Crippen LogP contribution in [0.2, 0.25) is 5.02 Å². The van der Waals surface area contributed by atoms with Gasteiger partial charge in [-0.2, -0.15) is 0 Å². The highest BCUT2D eigenvalue weighted by atomic mass is 35.5. The van der Waals surface area contributed by atoms with E-state index in [0.29, 0.717) is 33.7 Å². The highest BCUT2D eigenvalue weighted by Gasteiger charge is 2.10. The van der Waals surface area contributed by atoms with Gasteiger partial charge in [-0.25, -0.2) is 0 Å².